The Hall–Kier alpha value is -0.353. The highest BCUT2D eigenvalue weighted by Gasteiger charge is 2.62. The lowest BCUT2D eigenvalue weighted by Crippen LogP contribution is -2.57. The standard InChI is InChI=1S/C13H24O3Si/c1-12(2,3)17(5,6)16-9-7-8-13(4)10(9)11(14)15-13/h9-10H,7-8H2,1-6H3/t9-,10-,13-/m0/s1. The normalized spacial score (nSPS) is 37.4. The summed E-state index contributed by atoms with van der Waals surface area (Å²) >= 11 is 0. The van der Waals surface area contributed by atoms with E-state index in [2.05, 4.69) is 33.9 Å². The Bertz CT molecular complexity index is 345. The molecule has 0 aromatic rings. The van der Waals surface area contributed by atoms with Crippen molar-refractivity contribution in [2.45, 2.75) is 70.4 Å². The van der Waals surface area contributed by atoms with Gasteiger partial charge < -0.3 is 9.16 Å². The lowest BCUT2D eigenvalue weighted by Gasteiger charge is -2.45. The van der Waals surface area contributed by atoms with E-state index in [4.69, 9.17) is 9.16 Å². The van der Waals surface area contributed by atoms with Gasteiger partial charge in [-0.15, -0.1) is 0 Å². The van der Waals surface area contributed by atoms with Crippen LogP contribution in [-0.4, -0.2) is 26.0 Å². The lowest BCUT2D eigenvalue weighted by molar-refractivity contribution is -0.208. The molecule has 4 heteroatoms. The first kappa shape index (κ1) is 13.1. The SMILES string of the molecule is CC(C)(C)[Si](C)(C)O[C@H]1CC[C@]2(C)OC(=O)[C@H]12. The van der Waals surface area contributed by atoms with E-state index >= 15 is 0 Å². The van der Waals surface area contributed by atoms with Crippen LogP contribution in [0.3, 0.4) is 0 Å². The van der Waals surface area contributed by atoms with Crippen LogP contribution >= 0.6 is 0 Å². The van der Waals surface area contributed by atoms with Crippen molar-refractivity contribution in [1.29, 1.82) is 0 Å². The maximum absolute atomic E-state index is 11.6. The zero-order valence-electron chi connectivity index (χ0n) is 11.8. The Morgan fingerprint density at radius 1 is 1.41 bits per heavy atom. The number of carbonyl (C=O) groups excluding carboxylic acids is 1. The van der Waals surface area contributed by atoms with Crippen molar-refractivity contribution < 1.29 is 14.0 Å². The van der Waals surface area contributed by atoms with Crippen LogP contribution in [0.5, 0.6) is 0 Å². The van der Waals surface area contributed by atoms with Gasteiger partial charge in [-0.25, -0.2) is 0 Å². The lowest BCUT2D eigenvalue weighted by atomic mass is 9.86. The highest BCUT2D eigenvalue weighted by Crippen LogP contribution is 2.50. The van der Waals surface area contributed by atoms with Gasteiger partial charge in [0.15, 0.2) is 8.32 Å². The van der Waals surface area contributed by atoms with Crippen molar-refractivity contribution in [3.05, 3.63) is 0 Å². The fourth-order valence-corrected chi connectivity index (χ4v) is 3.94. The number of rotatable bonds is 2. The van der Waals surface area contributed by atoms with Crippen LogP contribution in [0.4, 0.5) is 0 Å². The molecule has 0 N–H and O–H groups in total. The third kappa shape index (κ3) is 1.95. The zero-order valence-corrected chi connectivity index (χ0v) is 12.8. The average Bonchev–Trinajstić information content (AvgIpc) is 2.34. The molecule has 1 heterocycles. The van der Waals surface area contributed by atoms with Crippen molar-refractivity contribution in [2.75, 3.05) is 0 Å². The van der Waals surface area contributed by atoms with Crippen molar-refractivity contribution in [3.63, 3.8) is 0 Å². The molecule has 3 nitrogen and oxygen atoms in total. The van der Waals surface area contributed by atoms with Gasteiger partial charge in [0.25, 0.3) is 0 Å². The molecule has 0 bridgehead atoms. The van der Waals surface area contributed by atoms with E-state index in [-0.39, 0.29) is 28.6 Å². The molecule has 0 amide bonds. The molecule has 0 spiro atoms. The van der Waals surface area contributed by atoms with Gasteiger partial charge in [0.1, 0.15) is 11.5 Å². The minimum Gasteiger partial charge on any atom is -0.458 e. The third-order valence-corrected chi connectivity index (χ3v) is 9.30. The van der Waals surface area contributed by atoms with Crippen LogP contribution in [-0.2, 0) is 14.0 Å². The van der Waals surface area contributed by atoms with Crippen molar-refractivity contribution in [2.24, 2.45) is 5.92 Å². The topological polar surface area (TPSA) is 35.5 Å². The van der Waals surface area contributed by atoms with Crippen LogP contribution < -0.4 is 0 Å². The van der Waals surface area contributed by atoms with E-state index in [9.17, 15) is 4.79 Å². The van der Waals surface area contributed by atoms with Crippen LogP contribution in [0, 0.1) is 5.92 Å². The van der Waals surface area contributed by atoms with Crippen molar-refractivity contribution >= 4 is 14.3 Å². The van der Waals surface area contributed by atoms with Crippen LogP contribution in [0.2, 0.25) is 18.1 Å². The monoisotopic (exact) mass is 256 g/mol. The summed E-state index contributed by atoms with van der Waals surface area (Å²) in [5.74, 6) is -0.0784. The smallest absolute Gasteiger partial charge is 0.316 e. The predicted octanol–water partition coefficient (Wildman–Crippen LogP) is 3.10. The Morgan fingerprint density at radius 2 is 2.00 bits per heavy atom. The molecule has 1 saturated heterocycles. The molecule has 2 fully saturated rings. The summed E-state index contributed by atoms with van der Waals surface area (Å²) in [6.07, 6.45) is 1.99. The van der Waals surface area contributed by atoms with E-state index in [1.807, 2.05) is 6.92 Å². The van der Waals surface area contributed by atoms with E-state index < -0.39 is 8.32 Å². The predicted molar refractivity (Wildman–Crippen MR) is 69.3 cm³/mol. The van der Waals surface area contributed by atoms with Gasteiger partial charge in [-0.2, -0.15) is 0 Å². The van der Waals surface area contributed by atoms with Gasteiger partial charge in [-0.3, -0.25) is 4.79 Å². The summed E-state index contributed by atoms with van der Waals surface area (Å²) in [7, 11) is -1.78. The molecule has 2 rings (SSSR count). The summed E-state index contributed by atoms with van der Waals surface area (Å²) in [4.78, 5) is 11.6. The molecule has 0 unspecified atom stereocenters. The Kier molecular flexibility index (Phi) is 2.75. The molecule has 1 aliphatic carbocycles. The number of carbonyl (C=O) groups is 1. The van der Waals surface area contributed by atoms with Gasteiger partial charge in [0.2, 0.25) is 0 Å². The van der Waals surface area contributed by atoms with E-state index in [0.29, 0.717) is 0 Å². The Balaban J connectivity index is 2.09. The molecule has 1 saturated carbocycles. The minimum absolute atomic E-state index is 0.0170. The molecule has 1 aliphatic heterocycles. The van der Waals surface area contributed by atoms with E-state index in [1.54, 1.807) is 0 Å². The molecular weight excluding hydrogens is 232 g/mol. The molecule has 17 heavy (non-hydrogen) atoms. The zero-order chi connectivity index (χ0) is 13.1. The highest BCUT2D eigenvalue weighted by molar-refractivity contribution is 6.74. The van der Waals surface area contributed by atoms with E-state index in [0.717, 1.165) is 12.8 Å². The van der Waals surface area contributed by atoms with Gasteiger partial charge in [-0.05, 0) is 37.9 Å². The summed E-state index contributed by atoms with van der Waals surface area (Å²) in [5.41, 5.74) is -0.232. The largest absolute Gasteiger partial charge is 0.458 e. The highest BCUT2D eigenvalue weighted by atomic mass is 28.4. The second-order valence-electron chi connectivity index (χ2n) is 7.17. The summed E-state index contributed by atoms with van der Waals surface area (Å²) < 4.78 is 11.6. The first-order chi connectivity index (χ1) is 7.57. The maximum Gasteiger partial charge on any atom is 0.316 e. The molecular formula is C13H24O3Si. The quantitative estimate of drug-likeness (QED) is 0.562. The second kappa shape index (κ2) is 3.57. The van der Waals surface area contributed by atoms with Gasteiger partial charge >= 0.3 is 5.97 Å². The van der Waals surface area contributed by atoms with E-state index in [1.165, 1.54) is 0 Å². The number of fused-ring (bicyclic) bond motifs is 1. The van der Waals surface area contributed by atoms with Crippen LogP contribution in [0.15, 0.2) is 0 Å². The summed E-state index contributed by atoms with van der Waals surface area (Å²) in [5, 5.41) is 0.194. The summed E-state index contributed by atoms with van der Waals surface area (Å²) in [6.45, 7) is 13.2. The first-order valence-corrected chi connectivity index (χ1v) is 9.38. The molecule has 98 valence electrons. The molecule has 2 aliphatic rings. The number of hydrogen-bond acceptors (Lipinski definition) is 3. The second-order valence-corrected chi connectivity index (χ2v) is 11.9. The van der Waals surface area contributed by atoms with Gasteiger partial charge in [0, 0.05) is 0 Å². The minimum atomic E-state index is -1.78. The number of ether oxygens (including phenoxy) is 1. The van der Waals surface area contributed by atoms with Gasteiger partial charge in [-0.1, -0.05) is 20.8 Å². The fraction of sp³-hybridized carbons (Fsp3) is 0.923. The van der Waals surface area contributed by atoms with Crippen LogP contribution in [0.25, 0.3) is 0 Å². The third-order valence-electron chi connectivity index (χ3n) is 4.79. The summed E-state index contributed by atoms with van der Waals surface area (Å²) in [6, 6.07) is 0. The number of hydrogen-bond donors (Lipinski definition) is 0. The van der Waals surface area contributed by atoms with Crippen molar-refractivity contribution in [1.82, 2.24) is 0 Å². The number of esters is 1. The van der Waals surface area contributed by atoms with Gasteiger partial charge in [0.05, 0.1) is 6.10 Å². The van der Waals surface area contributed by atoms with Crippen molar-refractivity contribution in [3.8, 4) is 0 Å². The Labute approximate surface area is 105 Å². The average molecular weight is 256 g/mol. The molecule has 0 aromatic heterocycles. The first-order valence-electron chi connectivity index (χ1n) is 6.47. The Morgan fingerprint density at radius 3 is 2.47 bits per heavy atom. The fourth-order valence-electron chi connectivity index (χ4n) is 2.58. The molecule has 0 aromatic carbocycles. The maximum atomic E-state index is 11.6. The van der Waals surface area contributed by atoms with Crippen LogP contribution in [0.1, 0.15) is 40.5 Å². The molecule has 0 radical (unpaired) electrons. The molecule has 3 atom stereocenters.